The lowest BCUT2D eigenvalue weighted by molar-refractivity contribution is -0.385. The van der Waals surface area contributed by atoms with Gasteiger partial charge in [0, 0.05) is 17.6 Å². The maximum atomic E-state index is 12.5. The van der Waals surface area contributed by atoms with Gasteiger partial charge < -0.3 is 10.4 Å². The first-order valence-corrected chi connectivity index (χ1v) is 7.54. The molecule has 0 heterocycles. The molecule has 0 bridgehead atoms. The molecular weight excluding hydrogens is 377 g/mol. The second-order valence-electron chi connectivity index (χ2n) is 5.26. The van der Waals surface area contributed by atoms with Gasteiger partial charge in [-0.05, 0) is 29.8 Å². The molecule has 0 spiro atoms. The molecule has 0 radical (unpaired) electrons. The van der Waals surface area contributed by atoms with Gasteiger partial charge in [-0.1, -0.05) is 23.7 Å². The molecule has 2 N–H and O–H groups in total. The van der Waals surface area contributed by atoms with Crippen LogP contribution in [-0.4, -0.2) is 22.5 Å². The molecule has 1 unspecified atom stereocenters. The Kier molecular flexibility index (Phi) is 5.83. The molecule has 0 aliphatic rings. The van der Waals surface area contributed by atoms with Crippen molar-refractivity contribution in [2.45, 2.75) is 12.3 Å². The molecule has 0 aromatic heterocycles. The van der Waals surface area contributed by atoms with Crippen molar-refractivity contribution in [2.24, 2.45) is 0 Å². The Labute approximate surface area is 150 Å². The Morgan fingerprint density at radius 3 is 2.38 bits per heavy atom. The van der Waals surface area contributed by atoms with Crippen molar-refractivity contribution < 1.29 is 28.0 Å². The van der Waals surface area contributed by atoms with Crippen molar-refractivity contribution in [1.29, 1.82) is 0 Å². The molecule has 10 heteroatoms. The van der Waals surface area contributed by atoms with Gasteiger partial charge in [-0.3, -0.25) is 14.9 Å². The van der Waals surface area contributed by atoms with E-state index in [1.54, 1.807) is 0 Å². The Hall–Kier alpha value is -2.65. The fourth-order valence-electron chi connectivity index (χ4n) is 2.15. The van der Waals surface area contributed by atoms with E-state index in [2.05, 4.69) is 5.32 Å². The predicted molar refractivity (Wildman–Crippen MR) is 86.8 cm³/mol. The number of nitro groups is 1. The number of nitro benzene ring substituents is 1. The Morgan fingerprint density at radius 1 is 1.23 bits per heavy atom. The van der Waals surface area contributed by atoms with E-state index >= 15 is 0 Å². The van der Waals surface area contributed by atoms with Gasteiger partial charge in [0.1, 0.15) is 5.56 Å². The summed E-state index contributed by atoms with van der Waals surface area (Å²) in [4.78, 5) is 22.3. The number of hydrogen-bond donors (Lipinski definition) is 2. The van der Waals surface area contributed by atoms with Crippen molar-refractivity contribution in [3.8, 4) is 0 Å². The molecule has 0 aliphatic carbocycles. The Bertz CT molecular complexity index is 825. The minimum Gasteiger partial charge on any atom is -0.387 e. The molecule has 2 rings (SSSR count). The minimum absolute atomic E-state index is 0.115. The van der Waals surface area contributed by atoms with Crippen LogP contribution in [0.3, 0.4) is 0 Å². The molecule has 2 aromatic rings. The number of alkyl halides is 3. The average Bonchev–Trinajstić information content (AvgIpc) is 2.58. The second kappa shape index (κ2) is 7.71. The monoisotopic (exact) mass is 388 g/mol. The van der Waals surface area contributed by atoms with Crippen molar-refractivity contribution in [1.82, 2.24) is 5.32 Å². The van der Waals surface area contributed by atoms with Crippen LogP contribution in [0.15, 0.2) is 42.5 Å². The highest BCUT2D eigenvalue weighted by molar-refractivity contribution is 6.31. The summed E-state index contributed by atoms with van der Waals surface area (Å²) in [6.45, 7) is -0.353. The van der Waals surface area contributed by atoms with Crippen molar-refractivity contribution in [3.05, 3.63) is 74.3 Å². The zero-order valence-electron chi connectivity index (χ0n) is 13.0. The number of aliphatic hydroxyl groups excluding tert-OH is 1. The molecule has 0 aliphatic heterocycles. The quantitative estimate of drug-likeness (QED) is 0.603. The van der Waals surface area contributed by atoms with Crippen LogP contribution in [0.1, 0.15) is 27.6 Å². The van der Waals surface area contributed by atoms with E-state index in [1.165, 1.54) is 6.07 Å². The summed E-state index contributed by atoms with van der Waals surface area (Å²) in [5.41, 5.74) is -1.47. The van der Waals surface area contributed by atoms with Gasteiger partial charge in [-0.25, -0.2) is 0 Å². The summed E-state index contributed by atoms with van der Waals surface area (Å²) in [5, 5.41) is 23.3. The molecule has 26 heavy (non-hydrogen) atoms. The number of rotatable bonds is 5. The number of nitrogens with zero attached hydrogens (tertiary/aromatic N) is 1. The van der Waals surface area contributed by atoms with Crippen LogP contribution < -0.4 is 5.32 Å². The fourth-order valence-corrected chi connectivity index (χ4v) is 2.32. The standard InChI is InChI=1S/C16H12ClF3N2O4/c17-11-5-6-13(22(25)26)12(7-11)15(24)21-8-14(23)9-1-3-10(4-2-9)16(18,19)20/h1-7,14,23H,8H2,(H,21,24). The Balaban J connectivity index is 2.08. The number of carbonyl (C=O) groups is 1. The predicted octanol–water partition coefficient (Wildman–Crippen LogP) is 3.73. The number of aliphatic hydroxyl groups is 1. The van der Waals surface area contributed by atoms with Crippen molar-refractivity contribution >= 4 is 23.2 Å². The molecular formula is C16H12ClF3N2O4. The van der Waals surface area contributed by atoms with E-state index in [9.17, 15) is 33.2 Å². The summed E-state index contributed by atoms with van der Waals surface area (Å²) in [6.07, 6.45) is -5.79. The van der Waals surface area contributed by atoms with Gasteiger partial charge in [-0.2, -0.15) is 13.2 Å². The van der Waals surface area contributed by atoms with E-state index in [-0.39, 0.29) is 22.7 Å². The van der Waals surface area contributed by atoms with Gasteiger partial charge >= 0.3 is 6.18 Å². The zero-order valence-corrected chi connectivity index (χ0v) is 13.7. The number of benzene rings is 2. The Morgan fingerprint density at radius 2 is 1.85 bits per heavy atom. The lowest BCUT2D eigenvalue weighted by atomic mass is 10.1. The average molecular weight is 389 g/mol. The molecule has 6 nitrogen and oxygen atoms in total. The molecule has 138 valence electrons. The van der Waals surface area contributed by atoms with Crippen LogP contribution in [0.5, 0.6) is 0 Å². The van der Waals surface area contributed by atoms with E-state index in [4.69, 9.17) is 11.6 Å². The van der Waals surface area contributed by atoms with Crippen LogP contribution >= 0.6 is 11.6 Å². The van der Waals surface area contributed by atoms with Crippen molar-refractivity contribution in [3.63, 3.8) is 0 Å². The first-order chi connectivity index (χ1) is 12.1. The highest BCUT2D eigenvalue weighted by Crippen LogP contribution is 2.30. The van der Waals surface area contributed by atoms with Crippen LogP contribution in [0.4, 0.5) is 18.9 Å². The third-order valence-electron chi connectivity index (χ3n) is 3.48. The topological polar surface area (TPSA) is 92.5 Å². The highest BCUT2D eigenvalue weighted by Gasteiger charge is 2.30. The normalized spacial score (nSPS) is 12.5. The summed E-state index contributed by atoms with van der Waals surface area (Å²) < 4.78 is 37.5. The molecule has 1 amide bonds. The van der Waals surface area contributed by atoms with Gasteiger partial charge in [-0.15, -0.1) is 0 Å². The fraction of sp³-hybridized carbons (Fsp3) is 0.188. The van der Waals surface area contributed by atoms with Gasteiger partial charge in [0.05, 0.1) is 16.6 Å². The van der Waals surface area contributed by atoms with E-state index in [0.717, 1.165) is 36.4 Å². The van der Waals surface area contributed by atoms with E-state index in [1.807, 2.05) is 0 Å². The van der Waals surface area contributed by atoms with Crippen LogP contribution in [0.25, 0.3) is 0 Å². The first kappa shape index (κ1) is 19.7. The van der Waals surface area contributed by atoms with Crippen LogP contribution in [0, 0.1) is 10.1 Å². The minimum atomic E-state index is -4.50. The summed E-state index contributed by atoms with van der Waals surface area (Å²) in [7, 11) is 0. The lowest BCUT2D eigenvalue weighted by Crippen LogP contribution is -2.29. The number of carbonyl (C=O) groups excluding carboxylic acids is 1. The molecule has 0 saturated carbocycles. The van der Waals surface area contributed by atoms with Crippen LogP contribution in [0.2, 0.25) is 5.02 Å². The van der Waals surface area contributed by atoms with Gasteiger partial charge in [0.15, 0.2) is 0 Å². The largest absolute Gasteiger partial charge is 0.416 e. The number of nitrogens with one attached hydrogen (secondary N) is 1. The zero-order chi connectivity index (χ0) is 19.5. The lowest BCUT2D eigenvalue weighted by Gasteiger charge is -2.14. The second-order valence-corrected chi connectivity index (χ2v) is 5.70. The summed E-state index contributed by atoms with van der Waals surface area (Å²) in [5.74, 6) is -0.842. The number of hydrogen-bond acceptors (Lipinski definition) is 4. The van der Waals surface area contributed by atoms with Crippen LogP contribution in [-0.2, 0) is 6.18 Å². The van der Waals surface area contributed by atoms with E-state index in [0.29, 0.717) is 0 Å². The molecule has 1 atom stereocenters. The molecule has 0 saturated heterocycles. The number of halogens is 4. The summed E-state index contributed by atoms with van der Waals surface area (Å²) >= 11 is 5.73. The smallest absolute Gasteiger partial charge is 0.387 e. The van der Waals surface area contributed by atoms with Crippen molar-refractivity contribution in [2.75, 3.05) is 6.54 Å². The third kappa shape index (κ3) is 4.70. The SMILES string of the molecule is O=C(NCC(O)c1ccc(C(F)(F)F)cc1)c1cc(Cl)ccc1[N+](=O)[O-]. The van der Waals surface area contributed by atoms with Gasteiger partial charge in [0.25, 0.3) is 11.6 Å². The maximum Gasteiger partial charge on any atom is 0.416 e. The van der Waals surface area contributed by atoms with Gasteiger partial charge in [0.2, 0.25) is 0 Å². The van der Waals surface area contributed by atoms with E-state index < -0.39 is 34.4 Å². The first-order valence-electron chi connectivity index (χ1n) is 7.17. The maximum absolute atomic E-state index is 12.5. The highest BCUT2D eigenvalue weighted by atomic mass is 35.5. The summed E-state index contributed by atoms with van der Waals surface area (Å²) in [6, 6.07) is 7.23. The molecule has 2 aromatic carbocycles. The number of amides is 1. The molecule has 0 fully saturated rings. The third-order valence-corrected chi connectivity index (χ3v) is 3.71.